The number of rotatable bonds is 9. The second kappa shape index (κ2) is 12.0. The lowest BCUT2D eigenvalue weighted by atomic mass is 10.1. The van der Waals surface area contributed by atoms with Gasteiger partial charge in [-0.3, -0.25) is 15.1 Å². The van der Waals surface area contributed by atoms with E-state index in [1.165, 1.54) is 30.5 Å². The summed E-state index contributed by atoms with van der Waals surface area (Å²) in [6.45, 7) is 4.54. The first-order valence-electron chi connectivity index (χ1n) is 12.5. The van der Waals surface area contributed by atoms with E-state index in [1.54, 1.807) is 45.0 Å². The fourth-order valence-corrected chi connectivity index (χ4v) is 3.71. The van der Waals surface area contributed by atoms with E-state index < -0.39 is 35.8 Å². The molecule has 0 aliphatic rings. The van der Waals surface area contributed by atoms with E-state index in [0.29, 0.717) is 16.5 Å². The molecular weight excluding hydrogens is 536 g/mol. The molecule has 4 aromatic rings. The molecule has 1 aromatic carbocycles. The standard InChI is InChI=1S/C28H27F2N7O4/c1-27(2,3)40-26(39)36-25-19-12-17(7-9-21(19)41-37-25)15-33-24(38)13-20-18(14-31)8-10-23(35-20)34-16-28(29,30)22-6-4-5-11-32-22/h4-12H,13,15-16H2,1-3H3,(H,33,38)(H,34,35)(H,36,37,39). The molecule has 0 aliphatic heterocycles. The van der Waals surface area contributed by atoms with Crippen LogP contribution in [0.5, 0.6) is 0 Å². The Morgan fingerprint density at radius 3 is 2.63 bits per heavy atom. The van der Waals surface area contributed by atoms with Crippen LogP contribution in [0.2, 0.25) is 0 Å². The predicted octanol–water partition coefficient (Wildman–Crippen LogP) is 4.90. The molecule has 11 nitrogen and oxygen atoms in total. The highest BCUT2D eigenvalue weighted by molar-refractivity contribution is 5.96. The fourth-order valence-electron chi connectivity index (χ4n) is 3.71. The van der Waals surface area contributed by atoms with Gasteiger partial charge in [0.15, 0.2) is 11.4 Å². The number of ether oxygens (including phenoxy) is 1. The first-order chi connectivity index (χ1) is 19.4. The zero-order valence-electron chi connectivity index (χ0n) is 22.5. The van der Waals surface area contributed by atoms with E-state index in [-0.39, 0.29) is 35.9 Å². The smallest absolute Gasteiger partial charge is 0.413 e. The minimum atomic E-state index is -3.26. The van der Waals surface area contributed by atoms with Crippen molar-refractivity contribution in [1.29, 1.82) is 5.26 Å². The molecule has 0 atom stereocenters. The van der Waals surface area contributed by atoms with Gasteiger partial charge in [-0.05, 0) is 62.7 Å². The van der Waals surface area contributed by atoms with Gasteiger partial charge in [-0.25, -0.2) is 9.78 Å². The number of nitrogens with one attached hydrogen (secondary N) is 3. The predicted molar refractivity (Wildman–Crippen MR) is 145 cm³/mol. The van der Waals surface area contributed by atoms with Crippen LogP contribution < -0.4 is 16.0 Å². The first-order valence-corrected chi connectivity index (χ1v) is 12.5. The number of halogens is 2. The van der Waals surface area contributed by atoms with Gasteiger partial charge in [0.2, 0.25) is 5.91 Å². The molecule has 3 aromatic heterocycles. The maximum Gasteiger partial charge on any atom is 0.413 e. The molecule has 0 bridgehead atoms. The molecule has 2 amide bonds. The molecular formula is C28H27F2N7O4. The first kappa shape index (κ1) is 28.9. The van der Waals surface area contributed by atoms with Gasteiger partial charge in [0, 0.05) is 12.7 Å². The van der Waals surface area contributed by atoms with Crippen LogP contribution in [0, 0.1) is 11.3 Å². The van der Waals surface area contributed by atoms with E-state index in [0.717, 1.165) is 0 Å². The number of amides is 2. The SMILES string of the molecule is CC(C)(C)OC(=O)Nc1noc2ccc(CNC(=O)Cc3nc(NCC(F)(F)c4ccccn4)ccc3C#N)cc12. The molecule has 0 spiro atoms. The molecule has 13 heteroatoms. The molecule has 0 saturated heterocycles. The lowest BCUT2D eigenvalue weighted by molar-refractivity contribution is -0.120. The Labute approximate surface area is 233 Å². The number of carbonyl (C=O) groups excluding carboxylic acids is 2. The molecule has 41 heavy (non-hydrogen) atoms. The van der Waals surface area contributed by atoms with Crippen molar-refractivity contribution >= 4 is 34.6 Å². The summed E-state index contributed by atoms with van der Waals surface area (Å²) in [4.78, 5) is 32.8. The quantitative estimate of drug-likeness (QED) is 0.258. The Morgan fingerprint density at radius 1 is 1.12 bits per heavy atom. The Morgan fingerprint density at radius 2 is 1.93 bits per heavy atom. The largest absolute Gasteiger partial charge is 0.444 e. The van der Waals surface area contributed by atoms with Crippen molar-refractivity contribution < 1.29 is 27.6 Å². The molecule has 3 N–H and O–H groups in total. The number of anilines is 2. The zero-order chi connectivity index (χ0) is 29.6. The third-order valence-electron chi connectivity index (χ3n) is 5.60. The van der Waals surface area contributed by atoms with Crippen LogP contribution in [0.15, 0.2) is 59.3 Å². The zero-order valence-corrected chi connectivity index (χ0v) is 22.5. The summed E-state index contributed by atoms with van der Waals surface area (Å²) in [5, 5.41) is 21.7. The van der Waals surface area contributed by atoms with Crippen molar-refractivity contribution in [2.45, 2.75) is 45.3 Å². The lowest BCUT2D eigenvalue weighted by Crippen LogP contribution is -2.27. The van der Waals surface area contributed by atoms with Crippen molar-refractivity contribution in [3.63, 3.8) is 0 Å². The van der Waals surface area contributed by atoms with Crippen LogP contribution in [-0.4, -0.2) is 39.3 Å². The molecule has 0 fully saturated rings. The van der Waals surface area contributed by atoms with Crippen LogP contribution >= 0.6 is 0 Å². The van der Waals surface area contributed by atoms with Gasteiger partial charge in [0.1, 0.15) is 23.2 Å². The number of fused-ring (bicyclic) bond motifs is 1. The average molecular weight is 564 g/mol. The maximum absolute atomic E-state index is 14.5. The molecule has 0 aliphatic carbocycles. The van der Waals surface area contributed by atoms with Crippen LogP contribution in [-0.2, 0) is 28.4 Å². The summed E-state index contributed by atoms with van der Waals surface area (Å²) in [6, 6.07) is 14.1. The molecule has 0 unspecified atom stereocenters. The highest BCUT2D eigenvalue weighted by Gasteiger charge is 2.33. The highest BCUT2D eigenvalue weighted by Crippen LogP contribution is 2.27. The maximum atomic E-state index is 14.5. The van der Waals surface area contributed by atoms with Gasteiger partial charge in [0.05, 0.1) is 29.6 Å². The minimum Gasteiger partial charge on any atom is -0.444 e. The minimum absolute atomic E-state index is 0.0883. The Hall–Kier alpha value is -5.12. The molecule has 0 saturated carbocycles. The topological polar surface area (TPSA) is 155 Å². The molecule has 0 radical (unpaired) electrons. The third-order valence-corrected chi connectivity index (χ3v) is 5.60. The van der Waals surface area contributed by atoms with Crippen molar-refractivity contribution in [3.8, 4) is 6.07 Å². The monoisotopic (exact) mass is 563 g/mol. The number of aromatic nitrogens is 3. The summed E-state index contributed by atoms with van der Waals surface area (Å²) < 4.78 is 39.4. The second-order valence-electron chi connectivity index (χ2n) is 10.0. The van der Waals surface area contributed by atoms with E-state index in [2.05, 4.69) is 31.1 Å². The number of hydrogen-bond donors (Lipinski definition) is 3. The number of nitriles is 1. The van der Waals surface area contributed by atoms with Crippen LogP contribution in [0.25, 0.3) is 11.0 Å². The van der Waals surface area contributed by atoms with E-state index in [4.69, 9.17) is 9.26 Å². The highest BCUT2D eigenvalue weighted by atomic mass is 19.3. The van der Waals surface area contributed by atoms with Gasteiger partial charge < -0.3 is 19.9 Å². The van der Waals surface area contributed by atoms with Crippen molar-refractivity contribution in [3.05, 3.63) is 77.2 Å². The molecule has 3 heterocycles. The van der Waals surface area contributed by atoms with Crippen LogP contribution in [0.3, 0.4) is 0 Å². The summed E-state index contributed by atoms with van der Waals surface area (Å²) >= 11 is 0. The Kier molecular flexibility index (Phi) is 8.42. The van der Waals surface area contributed by atoms with Gasteiger partial charge in [-0.15, -0.1) is 0 Å². The van der Waals surface area contributed by atoms with Crippen LogP contribution in [0.1, 0.15) is 43.3 Å². The Balaban J connectivity index is 1.39. The molecule has 4 rings (SSSR count). The van der Waals surface area contributed by atoms with E-state index in [1.807, 2.05) is 6.07 Å². The van der Waals surface area contributed by atoms with Gasteiger partial charge >= 0.3 is 12.0 Å². The summed E-state index contributed by atoms with van der Waals surface area (Å²) in [7, 11) is 0. The lowest BCUT2D eigenvalue weighted by Gasteiger charge is -2.19. The summed E-state index contributed by atoms with van der Waals surface area (Å²) in [5.74, 6) is -3.45. The number of alkyl halides is 2. The summed E-state index contributed by atoms with van der Waals surface area (Å²) in [6.07, 6.45) is 0.337. The van der Waals surface area contributed by atoms with Crippen molar-refractivity contribution in [2.24, 2.45) is 0 Å². The van der Waals surface area contributed by atoms with Gasteiger partial charge in [-0.2, -0.15) is 14.0 Å². The molecule has 212 valence electrons. The normalized spacial score (nSPS) is 11.5. The third kappa shape index (κ3) is 7.72. The van der Waals surface area contributed by atoms with Gasteiger partial charge in [-0.1, -0.05) is 17.3 Å². The van der Waals surface area contributed by atoms with Crippen LogP contribution in [0.4, 0.5) is 25.2 Å². The number of hydrogen-bond acceptors (Lipinski definition) is 9. The van der Waals surface area contributed by atoms with E-state index >= 15 is 0 Å². The number of benzene rings is 1. The average Bonchev–Trinajstić information content (AvgIpc) is 3.32. The van der Waals surface area contributed by atoms with Gasteiger partial charge in [0.25, 0.3) is 0 Å². The fraction of sp³-hybridized carbons (Fsp3) is 0.286. The van der Waals surface area contributed by atoms with Crippen molar-refractivity contribution in [1.82, 2.24) is 20.4 Å². The van der Waals surface area contributed by atoms with E-state index in [9.17, 15) is 23.6 Å². The number of nitrogens with zero attached hydrogens (tertiary/aromatic N) is 4. The number of carbonyl (C=O) groups is 2. The Bertz CT molecular complexity index is 1590. The van der Waals surface area contributed by atoms with Crippen molar-refractivity contribution in [2.75, 3.05) is 17.2 Å². The second-order valence-corrected chi connectivity index (χ2v) is 10.0. The summed E-state index contributed by atoms with van der Waals surface area (Å²) in [5.41, 5.74) is 0.298. The number of pyridine rings is 2.